The van der Waals surface area contributed by atoms with Crippen LogP contribution in [-0.4, -0.2) is 16.1 Å². The largest absolute Gasteiger partial charge is 0.309 e. The number of nitrogens with zero attached hydrogens (tertiary/aromatic N) is 2. The van der Waals surface area contributed by atoms with Gasteiger partial charge in [0.1, 0.15) is 0 Å². The Bertz CT molecular complexity index is 566. The Morgan fingerprint density at radius 2 is 1.86 bits per heavy atom. The summed E-state index contributed by atoms with van der Waals surface area (Å²) < 4.78 is 4.20. The molecule has 1 aromatic heterocycles. The molecule has 0 radical (unpaired) electrons. The van der Waals surface area contributed by atoms with E-state index in [0.29, 0.717) is 0 Å². The van der Waals surface area contributed by atoms with Gasteiger partial charge in [0.2, 0.25) is 0 Å². The van der Waals surface area contributed by atoms with Gasteiger partial charge in [0.15, 0.2) is 0 Å². The van der Waals surface area contributed by atoms with E-state index >= 15 is 0 Å². The van der Waals surface area contributed by atoms with Gasteiger partial charge in [-0.2, -0.15) is 0 Å². The van der Waals surface area contributed by atoms with Crippen LogP contribution < -0.4 is 5.32 Å². The van der Waals surface area contributed by atoms with Crippen molar-refractivity contribution in [3.8, 4) is 0 Å². The molecular weight excluding hydrogens is 278 g/mol. The molecule has 1 aromatic carbocycles. The van der Waals surface area contributed by atoms with Gasteiger partial charge >= 0.3 is 0 Å². The number of hydrogen-bond donors (Lipinski definition) is 1. The van der Waals surface area contributed by atoms with Crippen LogP contribution in [0.2, 0.25) is 0 Å². The third-order valence-electron chi connectivity index (χ3n) is 3.55. The summed E-state index contributed by atoms with van der Waals surface area (Å²) in [4.78, 5) is 1.27. The lowest BCUT2D eigenvalue weighted by atomic mass is 9.89. The van der Waals surface area contributed by atoms with Crippen molar-refractivity contribution in [3.63, 3.8) is 0 Å². The number of nitrogens with one attached hydrogen (secondary N) is 1. The second kappa shape index (κ2) is 6.67. The third kappa shape index (κ3) is 4.11. The van der Waals surface area contributed by atoms with E-state index in [1.54, 1.807) is 0 Å². The molecule has 0 saturated carbocycles. The first kappa shape index (κ1) is 16.1. The lowest BCUT2D eigenvalue weighted by molar-refractivity contribution is 0.515. The quantitative estimate of drug-likeness (QED) is 0.906. The van der Waals surface area contributed by atoms with E-state index in [1.165, 1.54) is 27.5 Å². The Kier molecular flexibility index (Phi) is 5.12. The van der Waals surface area contributed by atoms with Crippen LogP contribution >= 0.6 is 11.5 Å². The lowest BCUT2D eigenvalue weighted by Gasteiger charge is -2.22. The van der Waals surface area contributed by atoms with Crippen LogP contribution in [0.3, 0.4) is 0 Å². The van der Waals surface area contributed by atoms with Gasteiger partial charge in [0.25, 0.3) is 0 Å². The SMILES string of the molecule is CCNC(Cc1ccc(C)cc1)c1snnc1C(C)(C)C. The predicted octanol–water partition coefficient (Wildman–Crippen LogP) is 4.04. The predicted molar refractivity (Wildman–Crippen MR) is 89.9 cm³/mol. The van der Waals surface area contributed by atoms with Crippen molar-refractivity contribution >= 4 is 11.5 Å². The van der Waals surface area contributed by atoms with Crippen LogP contribution in [0.4, 0.5) is 0 Å². The zero-order valence-electron chi connectivity index (χ0n) is 13.6. The molecule has 21 heavy (non-hydrogen) atoms. The minimum absolute atomic E-state index is 0.0310. The summed E-state index contributed by atoms with van der Waals surface area (Å²) in [6.07, 6.45) is 0.973. The van der Waals surface area contributed by atoms with Gasteiger partial charge in [0, 0.05) is 11.5 Å². The molecule has 114 valence electrons. The summed E-state index contributed by atoms with van der Waals surface area (Å²) in [5.41, 5.74) is 3.79. The zero-order valence-corrected chi connectivity index (χ0v) is 14.4. The number of benzene rings is 1. The normalized spacial score (nSPS) is 13.4. The Balaban J connectivity index is 2.27. The Morgan fingerprint density at radius 3 is 2.43 bits per heavy atom. The second-order valence-corrected chi connectivity index (χ2v) is 7.32. The minimum Gasteiger partial charge on any atom is -0.309 e. The average molecular weight is 303 g/mol. The first-order valence-corrected chi connectivity index (χ1v) is 8.30. The first-order valence-electron chi connectivity index (χ1n) is 7.53. The average Bonchev–Trinajstić information content (AvgIpc) is 2.90. The van der Waals surface area contributed by atoms with Crippen molar-refractivity contribution in [2.24, 2.45) is 0 Å². The molecule has 0 bridgehead atoms. The van der Waals surface area contributed by atoms with Crippen molar-refractivity contribution in [2.45, 2.75) is 52.5 Å². The molecule has 2 aromatic rings. The van der Waals surface area contributed by atoms with Crippen molar-refractivity contribution in [1.82, 2.24) is 14.9 Å². The van der Waals surface area contributed by atoms with Crippen LogP contribution in [0.15, 0.2) is 24.3 Å². The molecule has 0 fully saturated rings. The maximum Gasteiger partial charge on any atom is 0.0857 e. The van der Waals surface area contributed by atoms with Crippen molar-refractivity contribution in [2.75, 3.05) is 6.54 Å². The van der Waals surface area contributed by atoms with Crippen LogP contribution in [0.1, 0.15) is 55.4 Å². The number of aromatic nitrogens is 2. The second-order valence-electron chi connectivity index (χ2n) is 6.54. The molecule has 3 nitrogen and oxygen atoms in total. The van der Waals surface area contributed by atoms with Gasteiger partial charge in [-0.15, -0.1) is 5.10 Å². The van der Waals surface area contributed by atoms with Gasteiger partial charge in [-0.25, -0.2) is 0 Å². The molecule has 0 saturated heterocycles. The van der Waals surface area contributed by atoms with E-state index in [1.807, 2.05) is 0 Å². The highest BCUT2D eigenvalue weighted by atomic mass is 32.1. The highest BCUT2D eigenvalue weighted by Gasteiger charge is 2.27. The van der Waals surface area contributed by atoms with E-state index in [2.05, 4.69) is 73.8 Å². The molecule has 1 unspecified atom stereocenters. The third-order valence-corrected chi connectivity index (χ3v) is 4.39. The molecule has 0 amide bonds. The molecule has 0 aliphatic rings. The van der Waals surface area contributed by atoms with E-state index in [-0.39, 0.29) is 11.5 Å². The Labute approximate surface area is 132 Å². The van der Waals surface area contributed by atoms with Crippen LogP contribution in [0.5, 0.6) is 0 Å². The fraction of sp³-hybridized carbons (Fsp3) is 0.529. The molecule has 0 aliphatic carbocycles. The standard InChI is InChI=1S/C17H25N3S/c1-6-18-14(11-13-9-7-12(2)8-10-13)15-16(17(3,4)5)19-20-21-15/h7-10,14,18H,6,11H2,1-5H3. The molecule has 4 heteroatoms. The summed E-state index contributed by atoms with van der Waals surface area (Å²) in [7, 11) is 0. The molecule has 1 N–H and O–H groups in total. The minimum atomic E-state index is 0.0310. The summed E-state index contributed by atoms with van der Waals surface area (Å²) in [6, 6.07) is 9.06. The number of hydrogen-bond acceptors (Lipinski definition) is 4. The number of aryl methyl sites for hydroxylation is 1. The van der Waals surface area contributed by atoms with Crippen LogP contribution in [-0.2, 0) is 11.8 Å². The van der Waals surface area contributed by atoms with Gasteiger partial charge in [-0.1, -0.05) is 62.0 Å². The lowest BCUT2D eigenvalue weighted by Crippen LogP contribution is -2.25. The molecule has 0 aliphatic heterocycles. The van der Waals surface area contributed by atoms with E-state index in [0.717, 1.165) is 18.7 Å². The summed E-state index contributed by atoms with van der Waals surface area (Å²) in [6.45, 7) is 11.8. The van der Waals surface area contributed by atoms with Crippen molar-refractivity contribution in [3.05, 3.63) is 46.0 Å². The maximum absolute atomic E-state index is 4.37. The molecule has 2 rings (SSSR count). The Hall–Kier alpha value is -1.26. The number of likely N-dealkylation sites (N-methyl/N-ethyl adjacent to an activating group) is 1. The highest BCUT2D eigenvalue weighted by molar-refractivity contribution is 7.05. The smallest absolute Gasteiger partial charge is 0.0857 e. The van der Waals surface area contributed by atoms with Gasteiger partial charge in [-0.3, -0.25) is 0 Å². The van der Waals surface area contributed by atoms with Gasteiger partial charge in [-0.05, 0) is 37.0 Å². The first-order chi connectivity index (χ1) is 9.91. The number of rotatable bonds is 5. The fourth-order valence-electron chi connectivity index (χ4n) is 2.41. The van der Waals surface area contributed by atoms with Crippen LogP contribution in [0, 0.1) is 6.92 Å². The van der Waals surface area contributed by atoms with Crippen molar-refractivity contribution in [1.29, 1.82) is 0 Å². The van der Waals surface area contributed by atoms with E-state index in [9.17, 15) is 0 Å². The summed E-state index contributed by atoms with van der Waals surface area (Å²) in [5.74, 6) is 0. The summed E-state index contributed by atoms with van der Waals surface area (Å²) in [5, 5.41) is 7.97. The zero-order chi connectivity index (χ0) is 15.5. The monoisotopic (exact) mass is 303 g/mol. The van der Waals surface area contributed by atoms with E-state index in [4.69, 9.17) is 0 Å². The Morgan fingerprint density at radius 1 is 1.19 bits per heavy atom. The molecule has 1 atom stereocenters. The van der Waals surface area contributed by atoms with Crippen LogP contribution in [0.25, 0.3) is 0 Å². The summed E-state index contributed by atoms with van der Waals surface area (Å²) >= 11 is 1.52. The highest BCUT2D eigenvalue weighted by Crippen LogP contribution is 2.32. The molecule has 0 spiro atoms. The molecule has 1 heterocycles. The maximum atomic E-state index is 4.37. The fourth-order valence-corrected chi connectivity index (χ4v) is 3.35. The van der Waals surface area contributed by atoms with Crippen molar-refractivity contribution < 1.29 is 0 Å². The molecular formula is C17H25N3S. The topological polar surface area (TPSA) is 37.8 Å². The van der Waals surface area contributed by atoms with Gasteiger partial charge < -0.3 is 5.32 Å². The van der Waals surface area contributed by atoms with E-state index < -0.39 is 0 Å². The van der Waals surface area contributed by atoms with Gasteiger partial charge in [0.05, 0.1) is 10.6 Å².